The van der Waals surface area contributed by atoms with Crippen molar-refractivity contribution in [2.75, 3.05) is 10.6 Å². The monoisotopic (exact) mass is 477 g/mol. The van der Waals surface area contributed by atoms with Crippen molar-refractivity contribution in [2.45, 2.75) is 41.7 Å². The fraction of sp³-hybridized carbons (Fsp3) is 0.250. The minimum atomic E-state index is -3.84. The third-order valence-electron chi connectivity index (χ3n) is 4.46. The number of primary sulfonamides is 1. The molecule has 2 aromatic carbocycles. The highest BCUT2D eigenvalue weighted by molar-refractivity contribution is 8.02. The highest BCUT2D eigenvalue weighted by Gasteiger charge is 2.19. The van der Waals surface area contributed by atoms with Crippen molar-refractivity contribution in [1.82, 2.24) is 10.2 Å². The lowest BCUT2D eigenvalue weighted by molar-refractivity contribution is -0.115. The highest BCUT2D eigenvalue weighted by Crippen LogP contribution is 2.32. The number of anilines is 3. The second-order valence-electron chi connectivity index (χ2n) is 6.78. The van der Waals surface area contributed by atoms with Gasteiger partial charge in [0.1, 0.15) is 0 Å². The predicted molar refractivity (Wildman–Crippen MR) is 126 cm³/mol. The molecule has 0 aliphatic rings. The Morgan fingerprint density at radius 3 is 2.68 bits per heavy atom. The van der Waals surface area contributed by atoms with Crippen LogP contribution in [0.3, 0.4) is 0 Å². The van der Waals surface area contributed by atoms with Crippen LogP contribution in [0.25, 0.3) is 0 Å². The van der Waals surface area contributed by atoms with Crippen molar-refractivity contribution in [3.8, 4) is 0 Å². The summed E-state index contributed by atoms with van der Waals surface area (Å²) < 4.78 is 23.6. The summed E-state index contributed by atoms with van der Waals surface area (Å²) in [5.74, 6) is -0.284. The fourth-order valence-corrected chi connectivity index (χ4v) is 5.28. The van der Waals surface area contributed by atoms with E-state index in [0.29, 0.717) is 15.2 Å². The first kappa shape index (κ1) is 23.2. The van der Waals surface area contributed by atoms with Gasteiger partial charge in [-0.15, -0.1) is 10.2 Å². The summed E-state index contributed by atoms with van der Waals surface area (Å²) >= 11 is 2.64. The number of hydrogen-bond donors (Lipinski definition) is 3. The van der Waals surface area contributed by atoms with Crippen molar-refractivity contribution in [1.29, 1.82) is 0 Å². The number of thioether (sulfide) groups is 1. The summed E-state index contributed by atoms with van der Waals surface area (Å²) in [6.07, 6.45) is 0.897. The minimum absolute atomic E-state index is 0.0619. The van der Waals surface area contributed by atoms with Gasteiger partial charge >= 0.3 is 0 Å². The van der Waals surface area contributed by atoms with Gasteiger partial charge in [-0.25, -0.2) is 13.6 Å². The number of hydrogen-bond acceptors (Lipinski definition) is 8. The van der Waals surface area contributed by atoms with E-state index in [1.165, 1.54) is 46.9 Å². The molecule has 0 bridgehead atoms. The number of carbonyl (C=O) groups is 1. The summed E-state index contributed by atoms with van der Waals surface area (Å²) in [5, 5.41) is 19.7. The third-order valence-corrected chi connectivity index (χ3v) is 7.39. The number of sulfonamides is 1. The Bertz CT molecular complexity index is 1190. The smallest absolute Gasteiger partial charge is 0.238 e. The van der Waals surface area contributed by atoms with E-state index in [2.05, 4.69) is 33.8 Å². The Hall–Kier alpha value is -2.47. The second-order valence-corrected chi connectivity index (χ2v) is 10.9. The van der Waals surface area contributed by atoms with Crippen LogP contribution < -0.4 is 15.8 Å². The molecule has 8 nitrogen and oxygen atoms in total. The molecule has 3 rings (SSSR count). The van der Waals surface area contributed by atoms with Gasteiger partial charge < -0.3 is 10.6 Å². The molecule has 0 aliphatic carbocycles. The highest BCUT2D eigenvalue weighted by atomic mass is 32.2. The zero-order chi connectivity index (χ0) is 22.6. The number of nitrogens with zero attached hydrogens (tertiary/aromatic N) is 2. The number of nitrogens with two attached hydrogens (primary N) is 1. The maximum Gasteiger partial charge on any atom is 0.238 e. The largest absolute Gasteiger partial charge is 0.330 e. The van der Waals surface area contributed by atoms with Crippen LogP contribution in [0.15, 0.2) is 51.7 Å². The Morgan fingerprint density at radius 2 is 1.97 bits per heavy atom. The van der Waals surface area contributed by atoms with E-state index < -0.39 is 15.3 Å². The number of aromatic nitrogens is 2. The summed E-state index contributed by atoms with van der Waals surface area (Å²) in [4.78, 5) is 12.5. The first-order valence-corrected chi connectivity index (χ1v) is 12.7. The maximum atomic E-state index is 12.5. The molecule has 3 aromatic rings. The molecular formula is C20H23N5O3S3. The number of rotatable bonds is 8. The van der Waals surface area contributed by atoms with Crippen LogP contribution in [-0.2, 0) is 21.2 Å². The Morgan fingerprint density at radius 1 is 1.23 bits per heavy atom. The number of para-hydroxylation sites is 1. The standard InChI is InChI=1S/C20H23N5O3S3/c1-4-14-8-5-7-12(2)17(14)23-19-24-25-20(30-19)29-13(3)18(26)22-15-9-6-10-16(11-15)31(21,27)28/h5-11,13H,4H2,1-3H3,(H,22,26)(H,23,24)(H2,21,27,28). The van der Waals surface area contributed by atoms with Gasteiger partial charge in [0, 0.05) is 11.4 Å². The van der Waals surface area contributed by atoms with Gasteiger partial charge in [-0.3, -0.25) is 4.79 Å². The fourth-order valence-electron chi connectivity index (χ4n) is 2.82. The van der Waals surface area contributed by atoms with Crippen LogP contribution in [-0.4, -0.2) is 29.8 Å². The van der Waals surface area contributed by atoms with E-state index in [1.807, 2.05) is 19.1 Å². The van der Waals surface area contributed by atoms with Crippen molar-refractivity contribution in [3.63, 3.8) is 0 Å². The zero-order valence-electron chi connectivity index (χ0n) is 17.2. The first-order chi connectivity index (χ1) is 14.7. The Labute approximate surface area is 189 Å². The normalized spacial score (nSPS) is 12.4. The van der Waals surface area contributed by atoms with E-state index in [-0.39, 0.29) is 10.8 Å². The van der Waals surface area contributed by atoms with Gasteiger partial charge in [0.25, 0.3) is 0 Å². The van der Waals surface area contributed by atoms with Crippen molar-refractivity contribution in [2.24, 2.45) is 5.14 Å². The Kier molecular flexibility index (Phi) is 7.31. The second kappa shape index (κ2) is 9.77. The molecule has 11 heteroatoms. The summed E-state index contributed by atoms with van der Waals surface area (Å²) in [6.45, 7) is 5.88. The average Bonchev–Trinajstić information content (AvgIpc) is 3.16. The summed E-state index contributed by atoms with van der Waals surface area (Å²) in [7, 11) is -3.84. The van der Waals surface area contributed by atoms with E-state index in [0.717, 1.165) is 17.7 Å². The summed E-state index contributed by atoms with van der Waals surface area (Å²) in [5.41, 5.74) is 3.70. The van der Waals surface area contributed by atoms with Gasteiger partial charge in [-0.05, 0) is 49.6 Å². The zero-order valence-corrected chi connectivity index (χ0v) is 19.7. The van der Waals surface area contributed by atoms with E-state index >= 15 is 0 Å². The van der Waals surface area contributed by atoms with Crippen LogP contribution in [0.1, 0.15) is 25.0 Å². The lowest BCUT2D eigenvalue weighted by Gasteiger charge is -2.11. The van der Waals surface area contributed by atoms with Crippen LogP contribution >= 0.6 is 23.1 Å². The van der Waals surface area contributed by atoms with Gasteiger partial charge in [0.2, 0.25) is 21.1 Å². The minimum Gasteiger partial charge on any atom is -0.330 e. The quantitative estimate of drug-likeness (QED) is 0.420. The molecule has 1 amide bonds. The number of amides is 1. The molecule has 0 saturated heterocycles. The molecular weight excluding hydrogens is 454 g/mol. The maximum absolute atomic E-state index is 12.5. The number of nitrogens with one attached hydrogen (secondary N) is 2. The lowest BCUT2D eigenvalue weighted by atomic mass is 10.1. The molecule has 0 spiro atoms. The van der Waals surface area contributed by atoms with Crippen LogP contribution in [0, 0.1) is 6.92 Å². The lowest BCUT2D eigenvalue weighted by Crippen LogP contribution is -2.22. The van der Waals surface area contributed by atoms with Crippen LogP contribution in [0.5, 0.6) is 0 Å². The average molecular weight is 478 g/mol. The topological polar surface area (TPSA) is 127 Å². The molecule has 31 heavy (non-hydrogen) atoms. The first-order valence-electron chi connectivity index (χ1n) is 9.46. The van der Waals surface area contributed by atoms with Crippen molar-refractivity contribution in [3.05, 3.63) is 53.6 Å². The van der Waals surface area contributed by atoms with Crippen LogP contribution in [0.2, 0.25) is 0 Å². The van der Waals surface area contributed by atoms with Gasteiger partial charge in [-0.1, -0.05) is 54.3 Å². The molecule has 164 valence electrons. The number of aryl methyl sites for hydroxylation is 2. The van der Waals surface area contributed by atoms with Gasteiger partial charge in [0.15, 0.2) is 4.34 Å². The van der Waals surface area contributed by atoms with Crippen molar-refractivity contribution < 1.29 is 13.2 Å². The van der Waals surface area contributed by atoms with Gasteiger partial charge in [-0.2, -0.15) is 0 Å². The van der Waals surface area contributed by atoms with E-state index in [9.17, 15) is 13.2 Å². The molecule has 4 N–H and O–H groups in total. The number of benzene rings is 2. The molecule has 1 unspecified atom stereocenters. The van der Waals surface area contributed by atoms with Crippen molar-refractivity contribution >= 4 is 55.5 Å². The third kappa shape index (κ3) is 6.03. The molecule has 1 atom stereocenters. The molecule has 0 saturated carbocycles. The van der Waals surface area contributed by atoms with E-state index in [4.69, 9.17) is 5.14 Å². The Balaban J connectivity index is 1.65. The summed E-state index contributed by atoms with van der Waals surface area (Å²) in [6, 6.07) is 12.0. The molecule has 0 aliphatic heterocycles. The molecule has 0 fully saturated rings. The van der Waals surface area contributed by atoms with Crippen LogP contribution in [0.4, 0.5) is 16.5 Å². The van der Waals surface area contributed by atoms with Gasteiger partial charge in [0.05, 0.1) is 10.1 Å². The predicted octanol–water partition coefficient (Wildman–Crippen LogP) is 3.92. The molecule has 1 heterocycles. The number of carbonyl (C=O) groups excluding carboxylic acids is 1. The van der Waals surface area contributed by atoms with E-state index in [1.54, 1.807) is 13.0 Å². The molecule has 0 radical (unpaired) electrons. The molecule has 1 aromatic heterocycles. The SMILES string of the molecule is CCc1cccc(C)c1Nc1nnc(SC(C)C(=O)Nc2cccc(S(N)(=O)=O)c2)s1.